The van der Waals surface area contributed by atoms with Crippen LogP contribution in [0.3, 0.4) is 0 Å². The van der Waals surface area contributed by atoms with E-state index in [1.54, 1.807) is 0 Å². The van der Waals surface area contributed by atoms with Gasteiger partial charge in [-0.15, -0.1) is 0 Å². The van der Waals surface area contributed by atoms with Gasteiger partial charge in [-0.3, -0.25) is 4.98 Å². The minimum Gasteiger partial charge on any atom is -0.476 e. The maximum absolute atomic E-state index is 10.7. The van der Waals surface area contributed by atoms with E-state index in [9.17, 15) is 9.90 Å². The van der Waals surface area contributed by atoms with Crippen molar-refractivity contribution < 1.29 is 15.0 Å². The topological polar surface area (TPSA) is 95.3 Å². The fourth-order valence-corrected chi connectivity index (χ4v) is 1.08. The van der Waals surface area contributed by atoms with Crippen LogP contribution in [0.1, 0.15) is 30.8 Å². The summed E-state index contributed by atoms with van der Waals surface area (Å²) in [6.07, 6.45) is 3.29. The molecule has 0 radical (unpaired) electrons. The summed E-state index contributed by atoms with van der Waals surface area (Å²) in [5.74, 6) is -0.781. The number of carbonyl (C=O) groups is 1. The first-order valence-electron chi connectivity index (χ1n) is 4.95. The van der Waals surface area contributed by atoms with Gasteiger partial charge in [0.05, 0.1) is 24.5 Å². The number of nitrogens with one attached hydrogen (secondary N) is 1. The van der Waals surface area contributed by atoms with E-state index in [1.807, 2.05) is 13.8 Å². The maximum atomic E-state index is 10.7. The molecule has 0 aliphatic heterocycles. The van der Waals surface area contributed by atoms with Crippen LogP contribution in [-0.2, 0) is 0 Å². The highest BCUT2D eigenvalue weighted by Gasteiger charge is 2.21. The van der Waals surface area contributed by atoms with Crippen LogP contribution in [0.2, 0.25) is 0 Å². The Morgan fingerprint density at radius 1 is 1.56 bits per heavy atom. The van der Waals surface area contributed by atoms with Crippen molar-refractivity contribution in [2.45, 2.75) is 25.8 Å². The van der Waals surface area contributed by atoms with Crippen molar-refractivity contribution in [3.05, 3.63) is 18.1 Å². The Balaban J connectivity index is 2.89. The Morgan fingerprint density at radius 3 is 2.75 bits per heavy atom. The zero-order valence-electron chi connectivity index (χ0n) is 9.27. The molecule has 0 saturated heterocycles. The summed E-state index contributed by atoms with van der Waals surface area (Å²) in [6.45, 7) is 3.67. The average Bonchev–Trinajstić information content (AvgIpc) is 2.29. The lowest BCUT2D eigenvalue weighted by Gasteiger charge is -2.27. The molecule has 1 heterocycles. The van der Waals surface area contributed by atoms with Crippen molar-refractivity contribution in [2.24, 2.45) is 0 Å². The van der Waals surface area contributed by atoms with Crippen molar-refractivity contribution in [1.82, 2.24) is 9.97 Å². The Morgan fingerprint density at radius 2 is 2.25 bits per heavy atom. The molecule has 1 unspecified atom stereocenters. The molecule has 0 fully saturated rings. The summed E-state index contributed by atoms with van der Waals surface area (Å²) < 4.78 is 0. The molecule has 0 aromatic carbocycles. The van der Waals surface area contributed by atoms with Gasteiger partial charge in [0.2, 0.25) is 0 Å². The van der Waals surface area contributed by atoms with Crippen LogP contribution >= 0.6 is 0 Å². The van der Waals surface area contributed by atoms with Gasteiger partial charge < -0.3 is 15.5 Å². The molecule has 1 atom stereocenters. The van der Waals surface area contributed by atoms with E-state index < -0.39 is 11.5 Å². The number of hydrogen-bond donors (Lipinski definition) is 3. The molecule has 6 heteroatoms. The number of hydrogen-bond acceptors (Lipinski definition) is 5. The number of carboxylic acids is 1. The first-order chi connectivity index (χ1) is 7.50. The first-order valence-corrected chi connectivity index (χ1v) is 4.95. The van der Waals surface area contributed by atoms with Crippen LogP contribution in [0.25, 0.3) is 0 Å². The van der Waals surface area contributed by atoms with Gasteiger partial charge in [0.25, 0.3) is 0 Å². The average molecular weight is 225 g/mol. The normalized spacial score (nSPS) is 14.2. The number of aliphatic hydroxyl groups is 1. The van der Waals surface area contributed by atoms with Crippen LogP contribution in [0.4, 0.5) is 5.82 Å². The number of nitrogens with zero attached hydrogens (tertiary/aromatic N) is 2. The van der Waals surface area contributed by atoms with Crippen molar-refractivity contribution in [3.8, 4) is 0 Å². The minimum absolute atomic E-state index is 0.0670. The molecule has 0 saturated carbocycles. The van der Waals surface area contributed by atoms with Gasteiger partial charge in [-0.2, -0.15) is 0 Å². The quantitative estimate of drug-likeness (QED) is 0.684. The fraction of sp³-hybridized carbons (Fsp3) is 0.500. The SMILES string of the molecule is CCC(C)(CO)Nc1cncc(C(=O)O)n1. The number of aliphatic hydroxyl groups excluding tert-OH is 1. The lowest BCUT2D eigenvalue weighted by molar-refractivity contribution is 0.0690. The number of aromatic carboxylic acids is 1. The largest absolute Gasteiger partial charge is 0.476 e. The second kappa shape index (κ2) is 4.89. The summed E-state index contributed by atoms with van der Waals surface area (Å²) in [5.41, 5.74) is -0.646. The monoisotopic (exact) mass is 225 g/mol. The van der Waals surface area contributed by atoms with Gasteiger partial charge in [0.15, 0.2) is 5.69 Å². The molecular formula is C10H15N3O3. The zero-order valence-corrected chi connectivity index (χ0v) is 9.27. The van der Waals surface area contributed by atoms with Gasteiger partial charge in [0.1, 0.15) is 5.82 Å². The molecule has 1 aromatic rings. The van der Waals surface area contributed by atoms with Crippen LogP contribution < -0.4 is 5.32 Å². The van der Waals surface area contributed by atoms with Crippen LogP contribution in [0.5, 0.6) is 0 Å². The number of aromatic nitrogens is 2. The lowest BCUT2D eigenvalue weighted by atomic mass is 10.0. The molecule has 88 valence electrons. The third-order valence-corrected chi connectivity index (χ3v) is 2.41. The summed E-state index contributed by atoms with van der Waals surface area (Å²) in [7, 11) is 0. The Hall–Kier alpha value is -1.69. The van der Waals surface area contributed by atoms with E-state index >= 15 is 0 Å². The van der Waals surface area contributed by atoms with E-state index in [4.69, 9.17) is 5.11 Å². The third-order valence-electron chi connectivity index (χ3n) is 2.41. The summed E-state index contributed by atoms with van der Waals surface area (Å²) in [5, 5.41) is 20.9. The Labute approximate surface area is 93.4 Å². The second-order valence-electron chi connectivity index (χ2n) is 3.79. The highest BCUT2D eigenvalue weighted by atomic mass is 16.4. The fourth-order valence-electron chi connectivity index (χ4n) is 1.08. The van der Waals surface area contributed by atoms with Crippen molar-refractivity contribution in [3.63, 3.8) is 0 Å². The van der Waals surface area contributed by atoms with Crippen LogP contribution in [-0.4, -0.2) is 38.3 Å². The van der Waals surface area contributed by atoms with Crippen molar-refractivity contribution >= 4 is 11.8 Å². The molecule has 0 spiro atoms. The third kappa shape index (κ3) is 2.90. The number of rotatable bonds is 5. The van der Waals surface area contributed by atoms with Gasteiger partial charge in [-0.1, -0.05) is 6.92 Å². The van der Waals surface area contributed by atoms with E-state index in [1.165, 1.54) is 12.4 Å². The predicted octanol–water partition coefficient (Wildman–Crippen LogP) is 0.748. The molecule has 1 aromatic heterocycles. The van der Waals surface area contributed by atoms with Gasteiger partial charge in [-0.05, 0) is 13.3 Å². The standard InChI is InChI=1S/C10H15N3O3/c1-3-10(2,6-14)13-8-5-11-4-7(12-8)9(15)16/h4-5,14H,3,6H2,1-2H3,(H,12,13)(H,15,16). The van der Waals surface area contributed by atoms with E-state index in [0.29, 0.717) is 12.2 Å². The number of anilines is 1. The second-order valence-corrected chi connectivity index (χ2v) is 3.79. The molecule has 0 amide bonds. The van der Waals surface area contributed by atoms with Crippen molar-refractivity contribution in [1.29, 1.82) is 0 Å². The van der Waals surface area contributed by atoms with Gasteiger partial charge in [0, 0.05) is 0 Å². The van der Waals surface area contributed by atoms with E-state index in [0.717, 1.165) is 0 Å². The van der Waals surface area contributed by atoms with Crippen LogP contribution in [0, 0.1) is 0 Å². The molecule has 0 aliphatic carbocycles. The van der Waals surface area contributed by atoms with E-state index in [2.05, 4.69) is 15.3 Å². The lowest BCUT2D eigenvalue weighted by Crippen LogP contribution is -2.38. The van der Waals surface area contributed by atoms with Crippen molar-refractivity contribution in [2.75, 3.05) is 11.9 Å². The maximum Gasteiger partial charge on any atom is 0.356 e. The first kappa shape index (κ1) is 12.4. The highest BCUT2D eigenvalue weighted by Crippen LogP contribution is 2.15. The smallest absolute Gasteiger partial charge is 0.356 e. The predicted molar refractivity (Wildman–Crippen MR) is 58.4 cm³/mol. The molecule has 0 aliphatic rings. The molecular weight excluding hydrogens is 210 g/mol. The minimum atomic E-state index is -1.13. The Kier molecular flexibility index (Phi) is 3.78. The number of carboxylic acid groups (broad SMARTS) is 1. The Bertz CT molecular complexity index is 377. The molecule has 0 bridgehead atoms. The molecule has 1 rings (SSSR count). The summed E-state index contributed by atoms with van der Waals surface area (Å²) >= 11 is 0. The van der Waals surface area contributed by atoms with Gasteiger partial charge in [-0.25, -0.2) is 9.78 Å². The zero-order chi connectivity index (χ0) is 12.2. The molecule has 16 heavy (non-hydrogen) atoms. The molecule has 6 nitrogen and oxygen atoms in total. The molecule has 3 N–H and O–H groups in total. The highest BCUT2D eigenvalue weighted by molar-refractivity contribution is 5.85. The van der Waals surface area contributed by atoms with Crippen LogP contribution in [0.15, 0.2) is 12.4 Å². The summed E-state index contributed by atoms with van der Waals surface area (Å²) in [6, 6.07) is 0. The summed E-state index contributed by atoms with van der Waals surface area (Å²) in [4.78, 5) is 18.3. The van der Waals surface area contributed by atoms with Gasteiger partial charge >= 0.3 is 5.97 Å². The van der Waals surface area contributed by atoms with E-state index in [-0.39, 0.29) is 12.3 Å².